The molecule has 1 saturated carbocycles. The molecule has 5 atom stereocenters. The number of nitrogens with one attached hydrogen (secondary N) is 2. The molecular weight excluding hydrogens is 468 g/mol. The van der Waals surface area contributed by atoms with Crippen LogP contribution in [0.4, 0.5) is 5.69 Å². The van der Waals surface area contributed by atoms with E-state index < -0.39 is 29.6 Å². The van der Waals surface area contributed by atoms with Crippen LogP contribution in [-0.2, 0) is 25.7 Å². The van der Waals surface area contributed by atoms with Crippen molar-refractivity contribution >= 4 is 23.4 Å². The van der Waals surface area contributed by atoms with E-state index in [0.717, 1.165) is 36.8 Å². The number of pyridine rings is 1. The fourth-order valence-electron chi connectivity index (χ4n) is 6.52. The maximum atomic E-state index is 14.0. The third kappa shape index (κ3) is 4.13. The lowest BCUT2D eigenvalue weighted by molar-refractivity contribution is -0.142. The molecule has 1 aromatic heterocycles. The summed E-state index contributed by atoms with van der Waals surface area (Å²) in [6.07, 6.45) is 11.7. The van der Waals surface area contributed by atoms with E-state index in [0.29, 0.717) is 5.69 Å². The second kappa shape index (κ2) is 9.41. The summed E-state index contributed by atoms with van der Waals surface area (Å²) in [7, 11) is 0. The van der Waals surface area contributed by atoms with Crippen molar-refractivity contribution < 1.29 is 19.1 Å². The number of aryl methyl sites for hydroxylation is 1. The minimum absolute atomic E-state index is 0.0928. The second-order valence-corrected chi connectivity index (χ2v) is 10.7. The molecule has 2 aromatic rings. The molecule has 1 aromatic carbocycles. The molecule has 8 heteroatoms. The fraction of sp³-hybridized carbons (Fsp3) is 0.448. The zero-order chi connectivity index (χ0) is 25.6. The van der Waals surface area contributed by atoms with E-state index in [2.05, 4.69) is 15.6 Å². The minimum Gasteiger partial charge on any atom is -0.359 e. The molecule has 2 N–H and O–H groups in total. The van der Waals surface area contributed by atoms with Crippen LogP contribution in [0.15, 0.2) is 60.9 Å². The van der Waals surface area contributed by atoms with Crippen LogP contribution in [-0.4, -0.2) is 51.4 Å². The third-order valence-corrected chi connectivity index (χ3v) is 8.27. The van der Waals surface area contributed by atoms with Gasteiger partial charge in [0.2, 0.25) is 17.7 Å². The number of likely N-dealkylation sites (tertiary alicyclic amines) is 1. The second-order valence-electron chi connectivity index (χ2n) is 10.7. The number of aromatic nitrogens is 1. The number of nitrogens with zero attached hydrogens (tertiary/aromatic N) is 2. The highest BCUT2D eigenvalue weighted by Crippen LogP contribution is 2.55. The maximum Gasteiger partial charge on any atom is 0.246 e. The quantitative estimate of drug-likeness (QED) is 0.594. The number of benzene rings is 1. The summed E-state index contributed by atoms with van der Waals surface area (Å²) in [5.74, 6) is -2.21. The van der Waals surface area contributed by atoms with Gasteiger partial charge in [0.25, 0.3) is 0 Å². The van der Waals surface area contributed by atoms with Gasteiger partial charge in [-0.1, -0.05) is 55.2 Å². The molecule has 0 radical (unpaired) electrons. The highest BCUT2D eigenvalue weighted by atomic mass is 16.5. The van der Waals surface area contributed by atoms with Crippen LogP contribution in [0.2, 0.25) is 0 Å². The molecule has 8 nitrogen and oxygen atoms in total. The Morgan fingerprint density at radius 1 is 1.11 bits per heavy atom. The van der Waals surface area contributed by atoms with Gasteiger partial charge in [-0.3, -0.25) is 19.4 Å². The van der Waals surface area contributed by atoms with Crippen LogP contribution < -0.4 is 10.6 Å². The van der Waals surface area contributed by atoms with Crippen molar-refractivity contribution in [3.05, 3.63) is 72.1 Å². The van der Waals surface area contributed by atoms with Crippen LogP contribution >= 0.6 is 0 Å². The molecule has 192 valence electrons. The molecule has 2 bridgehead atoms. The van der Waals surface area contributed by atoms with Crippen LogP contribution in [0.1, 0.15) is 43.2 Å². The Balaban J connectivity index is 1.32. The molecule has 6 rings (SSSR count). The van der Waals surface area contributed by atoms with E-state index in [4.69, 9.17) is 4.74 Å². The van der Waals surface area contributed by atoms with Gasteiger partial charge in [0.1, 0.15) is 11.6 Å². The van der Waals surface area contributed by atoms with E-state index in [1.54, 1.807) is 17.3 Å². The number of carbonyl (C=O) groups excluding carboxylic acids is 3. The van der Waals surface area contributed by atoms with Crippen LogP contribution in [0.3, 0.4) is 0 Å². The van der Waals surface area contributed by atoms with Crippen LogP contribution in [0.25, 0.3) is 0 Å². The van der Waals surface area contributed by atoms with Gasteiger partial charge in [-0.2, -0.15) is 0 Å². The number of carbonyl (C=O) groups is 3. The summed E-state index contributed by atoms with van der Waals surface area (Å²) >= 11 is 0. The molecule has 3 amide bonds. The molecule has 1 aliphatic carbocycles. The van der Waals surface area contributed by atoms with Crippen molar-refractivity contribution in [3.8, 4) is 0 Å². The maximum absolute atomic E-state index is 14.0. The average molecular weight is 501 g/mol. The first-order valence-electron chi connectivity index (χ1n) is 13.2. The van der Waals surface area contributed by atoms with Crippen molar-refractivity contribution in [3.63, 3.8) is 0 Å². The lowest BCUT2D eigenvalue weighted by Crippen LogP contribution is -2.56. The number of rotatable bonds is 6. The van der Waals surface area contributed by atoms with Crippen molar-refractivity contribution in [2.75, 3.05) is 5.32 Å². The number of fused-ring (bicyclic) bond motifs is 1. The predicted molar refractivity (Wildman–Crippen MR) is 137 cm³/mol. The lowest BCUT2D eigenvalue weighted by atomic mass is 9.74. The van der Waals surface area contributed by atoms with E-state index in [1.165, 1.54) is 6.42 Å². The van der Waals surface area contributed by atoms with Crippen molar-refractivity contribution in [2.24, 2.45) is 11.8 Å². The number of ether oxygens (including phenoxy) is 1. The molecule has 1 spiro atoms. The Hall–Kier alpha value is -3.52. The minimum atomic E-state index is -1.17. The first-order chi connectivity index (χ1) is 18.0. The molecular formula is C29H32N4O4. The normalized spacial score (nSPS) is 30.4. The molecule has 4 aliphatic rings. The molecule has 4 heterocycles. The van der Waals surface area contributed by atoms with Crippen molar-refractivity contribution in [1.82, 2.24) is 15.2 Å². The monoisotopic (exact) mass is 500 g/mol. The summed E-state index contributed by atoms with van der Waals surface area (Å²) in [6, 6.07) is 10.5. The summed E-state index contributed by atoms with van der Waals surface area (Å²) < 4.78 is 6.42. The molecule has 2 saturated heterocycles. The first-order valence-corrected chi connectivity index (χ1v) is 13.2. The standard InChI is InChI=1S/C29H32N4O4/c1-18-9-11-21(12-10-18)31-26(34)23-22-13-14-29(37-22)24(23)28(36)33(17-19-6-5-15-30-16-19)25(29)27(35)32-20-7-3-2-4-8-20/h5-6,9-16,20,22-25H,2-4,7-8,17H2,1H3,(H,31,34)(H,32,35)/t22-,23?,24-,25?,29?/m1/s1. The van der Waals surface area contributed by atoms with E-state index >= 15 is 0 Å². The highest BCUT2D eigenvalue weighted by molar-refractivity contribution is 6.02. The van der Waals surface area contributed by atoms with Crippen molar-refractivity contribution in [1.29, 1.82) is 0 Å². The van der Waals surface area contributed by atoms with Gasteiger partial charge < -0.3 is 20.3 Å². The largest absolute Gasteiger partial charge is 0.359 e. The zero-order valence-electron chi connectivity index (χ0n) is 20.9. The van der Waals surface area contributed by atoms with E-state index in [-0.39, 0.29) is 30.3 Å². The summed E-state index contributed by atoms with van der Waals surface area (Å²) in [5.41, 5.74) is 1.41. The summed E-state index contributed by atoms with van der Waals surface area (Å²) in [4.78, 5) is 47.2. The average Bonchev–Trinajstić information content (AvgIpc) is 3.54. The number of amides is 3. The first kappa shape index (κ1) is 23.9. The van der Waals surface area contributed by atoms with Gasteiger partial charge in [0, 0.05) is 30.7 Å². The summed E-state index contributed by atoms with van der Waals surface area (Å²) in [5, 5.41) is 6.18. The number of hydrogen-bond acceptors (Lipinski definition) is 5. The SMILES string of the molecule is Cc1ccc(NC(=O)C2[C@H]3C=CC4(O3)C(C(=O)NC3CCCCC3)N(Cc3cccnc3)C(=O)[C@@H]24)cc1. The Morgan fingerprint density at radius 2 is 1.89 bits per heavy atom. The molecule has 3 fully saturated rings. The number of hydrogen-bond donors (Lipinski definition) is 2. The predicted octanol–water partition coefficient (Wildman–Crippen LogP) is 3.13. The topological polar surface area (TPSA) is 101 Å². The van der Waals surface area contributed by atoms with Crippen LogP contribution in [0.5, 0.6) is 0 Å². The van der Waals surface area contributed by atoms with Gasteiger partial charge in [0.05, 0.1) is 17.9 Å². The smallest absolute Gasteiger partial charge is 0.246 e. The summed E-state index contributed by atoms with van der Waals surface area (Å²) in [6.45, 7) is 2.21. The van der Waals surface area contributed by atoms with Gasteiger partial charge in [-0.15, -0.1) is 0 Å². The van der Waals surface area contributed by atoms with Gasteiger partial charge in [-0.25, -0.2) is 0 Å². The lowest BCUT2D eigenvalue weighted by Gasteiger charge is -2.34. The van der Waals surface area contributed by atoms with Gasteiger partial charge in [-0.05, 0) is 43.5 Å². The molecule has 3 unspecified atom stereocenters. The molecule has 37 heavy (non-hydrogen) atoms. The number of anilines is 1. The Morgan fingerprint density at radius 3 is 2.62 bits per heavy atom. The molecule has 3 aliphatic heterocycles. The highest BCUT2D eigenvalue weighted by Gasteiger charge is 2.72. The van der Waals surface area contributed by atoms with E-state index in [9.17, 15) is 14.4 Å². The van der Waals surface area contributed by atoms with Crippen LogP contribution in [0, 0.1) is 18.8 Å². The van der Waals surface area contributed by atoms with E-state index in [1.807, 2.05) is 55.5 Å². The Kier molecular flexibility index (Phi) is 6.07. The Labute approximate surface area is 216 Å². The van der Waals surface area contributed by atoms with Gasteiger partial charge in [0.15, 0.2) is 0 Å². The van der Waals surface area contributed by atoms with Gasteiger partial charge >= 0.3 is 0 Å². The Bertz CT molecular complexity index is 1220. The van der Waals surface area contributed by atoms with Crippen molar-refractivity contribution in [2.45, 2.75) is 69.4 Å². The zero-order valence-corrected chi connectivity index (χ0v) is 20.9. The fourth-order valence-corrected chi connectivity index (χ4v) is 6.52. The third-order valence-electron chi connectivity index (χ3n) is 8.27.